The second-order valence-corrected chi connectivity index (χ2v) is 8.58. The summed E-state index contributed by atoms with van der Waals surface area (Å²) in [5, 5.41) is 3.50. The normalized spacial score (nSPS) is 20.9. The fourth-order valence-electron chi connectivity index (χ4n) is 3.27. The number of thiazole rings is 1. The lowest BCUT2D eigenvalue weighted by atomic mass is 9.95. The molecule has 8 heteroatoms. The molecule has 1 aliphatic carbocycles. The molecule has 1 saturated carbocycles. The molecule has 0 spiro atoms. The molecule has 3 rings (SSSR count). The quantitative estimate of drug-likeness (QED) is 0.718. The summed E-state index contributed by atoms with van der Waals surface area (Å²) in [5.41, 5.74) is 0.832. The van der Waals surface area contributed by atoms with E-state index in [0.717, 1.165) is 35.9 Å². The number of nitrogens with zero attached hydrogens (tertiary/aromatic N) is 2. The summed E-state index contributed by atoms with van der Waals surface area (Å²) in [5.74, 6) is 0.609. The maximum Gasteiger partial charge on any atom is 0.274 e. The number of carbonyl (C=O) groups is 1. The van der Waals surface area contributed by atoms with Crippen molar-refractivity contribution in [2.24, 2.45) is 0 Å². The summed E-state index contributed by atoms with van der Waals surface area (Å²) >= 11 is 1.51. The number of pyridine rings is 1. The number of hydrogen-bond acceptors (Lipinski definition) is 7. The maximum absolute atomic E-state index is 11.1. The molecule has 154 valence electrons. The second-order valence-electron chi connectivity index (χ2n) is 7.59. The van der Waals surface area contributed by atoms with E-state index in [1.54, 1.807) is 6.20 Å². The average molecular weight is 408 g/mol. The molecular weight excluding hydrogens is 378 g/mol. The summed E-state index contributed by atoms with van der Waals surface area (Å²) in [6.45, 7) is 7.99. The Kier molecular flexibility index (Phi) is 7.07. The van der Waals surface area contributed by atoms with Crippen molar-refractivity contribution in [1.82, 2.24) is 15.3 Å². The van der Waals surface area contributed by atoms with Gasteiger partial charge in [-0.2, -0.15) is 0 Å². The van der Waals surface area contributed by atoms with Gasteiger partial charge in [-0.15, -0.1) is 0 Å². The summed E-state index contributed by atoms with van der Waals surface area (Å²) in [7, 11) is 0. The summed E-state index contributed by atoms with van der Waals surface area (Å²) < 4.78 is 18.7. The molecule has 1 amide bonds. The van der Waals surface area contributed by atoms with Crippen molar-refractivity contribution in [2.45, 2.75) is 77.7 Å². The highest BCUT2D eigenvalue weighted by Gasteiger charge is 2.24. The van der Waals surface area contributed by atoms with E-state index in [0.29, 0.717) is 17.7 Å². The van der Waals surface area contributed by atoms with Crippen LogP contribution in [0.4, 0.5) is 0 Å². The molecule has 2 aromatic heterocycles. The minimum atomic E-state index is -0.0264. The molecule has 0 aliphatic heterocycles. The van der Waals surface area contributed by atoms with Crippen LogP contribution in [0.5, 0.6) is 11.1 Å². The van der Waals surface area contributed by atoms with Crippen LogP contribution in [0.25, 0.3) is 10.2 Å². The Morgan fingerprint density at radius 3 is 2.64 bits per heavy atom. The highest BCUT2D eigenvalue weighted by Crippen LogP contribution is 2.31. The standard InChI is InChI=1S/C20H29N3O4S/c1-12(2)26-20-23-17-10-21-19(9-18(17)28-20)27-16-7-5-15(6-8-16)25-11-13(3)22-14(4)24/h9-10,12-13,15-16H,5-8,11H2,1-4H3,(H,22,24)/t13-,15-,16-/m0/s1. The van der Waals surface area contributed by atoms with Gasteiger partial charge in [0.15, 0.2) is 0 Å². The van der Waals surface area contributed by atoms with Crippen molar-refractivity contribution in [3.05, 3.63) is 12.3 Å². The molecule has 0 unspecified atom stereocenters. The third-order valence-electron chi connectivity index (χ3n) is 4.51. The van der Waals surface area contributed by atoms with E-state index < -0.39 is 0 Å². The van der Waals surface area contributed by atoms with Crippen LogP contribution in [0.2, 0.25) is 0 Å². The molecule has 1 aliphatic rings. The molecule has 0 aromatic carbocycles. The Labute approximate surface area is 169 Å². The van der Waals surface area contributed by atoms with Gasteiger partial charge in [-0.05, 0) is 46.5 Å². The molecule has 2 aromatic rings. The van der Waals surface area contributed by atoms with Crippen molar-refractivity contribution in [2.75, 3.05) is 6.61 Å². The lowest BCUT2D eigenvalue weighted by Crippen LogP contribution is -2.36. The molecule has 1 N–H and O–H groups in total. The molecule has 2 heterocycles. The predicted molar refractivity (Wildman–Crippen MR) is 109 cm³/mol. The van der Waals surface area contributed by atoms with Gasteiger partial charge in [0.2, 0.25) is 11.8 Å². The lowest BCUT2D eigenvalue weighted by Gasteiger charge is -2.29. The fourth-order valence-corrected chi connectivity index (χ4v) is 4.20. The zero-order valence-corrected chi connectivity index (χ0v) is 17.8. The van der Waals surface area contributed by atoms with Gasteiger partial charge in [-0.25, -0.2) is 9.97 Å². The van der Waals surface area contributed by atoms with Crippen LogP contribution in [0.15, 0.2) is 12.3 Å². The maximum atomic E-state index is 11.1. The number of ether oxygens (including phenoxy) is 3. The van der Waals surface area contributed by atoms with Gasteiger partial charge in [0.1, 0.15) is 11.6 Å². The van der Waals surface area contributed by atoms with E-state index in [-0.39, 0.29) is 30.3 Å². The number of rotatable bonds is 8. The van der Waals surface area contributed by atoms with E-state index in [2.05, 4.69) is 15.3 Å². The molecular formula is C20H29N3O4S. The second kappa shape index (κ2) is 9.52. The summed E-state index contributed by atoms with van der Waals surface area (Å²) in [6.07, 6.45) is 5.99. The van der Waals surface area contributed by atoms with Gasteiger partial charge in [0.25, 0.3) is 5.19 Å². The first kappa shape index (κ1) is 20.8. The Balaban J connectivity index is 1.47. The van der Waals surface area contributed by atoms with Crippen LogP contribution in [-0.4, -0.2) is 46.8 Å². The van der Waals surface area contributed by atoms with E-state index in [1.807, 2.05) is 26.8 Å². The molecule has 1 atom stereocenters. The molecule has 0 saturated heterocycles. The van der Waals surface area contributed by atoms with Crippen LogP contribution in [-0.2, 0) is 9.53 Å². The number of hydrogen-bond donors (Lipinski definition) is 1. The van der Waals surface area contributed by atoms with Crippen LogP contribution in [0.1, 0.15) is 53.4 Å². The Morgan fingerprint density at radius 1 is 1.25 bits per heavy atom. The molecule has 0 radical (unpaired) electrons. The summed E-state index contributed by atoms with van der Waals surface area (Å²) in [4.78, 5) is 19.9. The van der Waals surface area contributed by atoms with Crippen LogP contribution in [0.3, 0.4) is 0 Å². The SMILES string of the molecule is CC(=O)N[C@@H](C)CO[C@H]1CC[C@H](Oc2cc3sc(OC(C)C)nc3cn2)CC1. The van der Waals surface area contributed by atoms with Gasteiger partial charge in [0, 0.05) is 19.0 Å². The zero-order valence-electron chi connectivity index (χ0n) is 16.9. The van der Waals surface area contributed by atoms with Crippen LogP contribution >= 0.6 is 11.3 Å². The van der Waals surface area contributed by atoms with Crippen molar-refractivity contribution >= 4 is 27.5 Å². The minimum Gasteiger partial charge on any atom is -0.474 e. The number of fused-ring (bicyclic) bond motifs is 1. The van der Waals surface area contributed by atoms with Gasteiger partial charge in [-0.1, -0.05) is 11.3 Å². The van der Waals surface area contributed by atoms with Crippen LogP contribution < -0.4 is 14.8 Å². The van der Waals surface area contributed by atoms with E-state index in [1.165, 1.54) is 18.3 Å². The Bertz CT molecular complexity index is 787. The van der Waals surface area contributed by atoms with Gasteiger partial charge in [0.05, 0.1) is 29.7 Å². The van der Waals surface area contributed by atoms with Crippen LogP contribution in [0, 0.1) is 0 Å². The molecule has 28 heavy (non-hydrogen) atoms. The Morgan fingerprint density at radius 2 is 1.96 bits per heavy atom. The van der Waals surface area contributed by atoms with E-state index in [4.69, 9.17) is 14.2 Å². The third kappa shape index (κ3) is 6.04. The van der Waals surface area contributed by atoms with Gasteiger partial charge in [-0.3, -0.25) is 4.79 Å². The number of amides is 1. The molecule has 7 nitrogen and oxygen atoms in total. The monoisotopic (exact) mass is 407 g/mol. The van der Waals surface area contributed by atoms with Crippen molar-refractivity contribution in [3.8, 4) is 11.1 Å². The predicted octanol–water partition coefficient (Wildman–Crippen LogP) is 3.71. The smallest absolute Gasteiger partial charge is 0.274 e. The third-order valence-corrected chi connectivity index (χ3v) is 5.42. The topological polar surface area (TPSA) is 82.6 Å². The number of carbonyl (C=O) groups excluding carboxylic acids is 1. The van der Waals surface area contributed by atoms with Crippen molar-refractivity contribution in [3.63, 3.8) is 0 Å². The van der Waals surface area contributed by atoms with Crippen molar-refractivity contribution < 1.29 is 19.0 Å². The zero-order chi connectivity index (χ0) is 20.1. The largest absolute Gasteiger partial charge is 0.474 e. The first-order chi connectivity index (χ1) is 13.4. The Hall–Kier alpha value is -1.93. The average Bonchev–Trinajstić information content (AvgIpc) is 3.01. The summed E-state index contributed by atoms with van der Waals surface area (Å²) in [6, 6.07) is 1.98. The van der Waals surface area contributed by atoms with E-state index >= 15 is 0 Å². The first-order valence-electron chi connectivity index (χ1n) is 9.87. The highest BCUT2D eigenvalue weighted by molar-refractivity contribution is 7.20. The lowest BCUT2D eigenvalue weighted by molar-refractivity contribution is -0.120. The molecule has 0 bridgehead atoms. The number of nitrogens with one attached hydrogen (secondary N) is 1. The first-order valence-corrected chi connectivity index (χ1v) is 10.7. The van der Waals surface area contributed by atoms with Crippen molar-refractivity contribution in [1.29, 1.82) is 0 Å². The number of aromatic nitrogens is 2. The fraction of sp³-hybridized carbons (Fsp3) is 0.650. The highest BCUT2D eigenvalue weighted by atomic mass is 32.1. The minimum absolute atomic E-state index is 0.0264. The van der Waals surface area contributed by atoms with E-state index in [9.17, 15) is 4.79 Å². The molecule has 1 fully saturated rings. The van der Waals surface area contributed by atoms with Gasteiger partial charge < -0.3 is 19.5 Å². The van der Waals surface area contributed by atoms with Gasteiger partial charge >= 0.3 is 0 Å².